The van der Waals surface area contributed by atoms with Crippen LogP contribution >= 0.6 is 0 Å². The highest BCUT2D eigenvalue weighted by atomic mass is 19.1. The second kappa shape index (κ2) is 6.41. The van der Waals surface area contributed by atoms with Crippen molar-refractivity contribution in [1.82, 2.24) is 4.90 Å². The maximum absolute atomic E-state index is 14.4. The van der Waals surface area contributed by atoms with E-state index in [1.165, 1.54) is 0 Å². The van der Waals surface area contributed by atoms with E-state index in [1.54, 1.807) is 6.21 Å². The van der Waals surface area contributed by atoms with Crippen LogP contribution in [0.15, 0.2) is 28.7 Å². The Morgan fingerprint density at radius 1 is 1.63 bits per heavy atom. The Morgan fingerprint density at radius 3 is 3.05 bits per heavy atom. The molecule has 19 heavy (non-hydrogen) atoms. The van der Waals surface area contributed by atoms with Crippen molar-refractivity contribution in [1.29, 1.82) is 0 Å². The van der Waals surface area contributed by atoms with Crippen LogP contribution in [0.4, 0.5) is 4.39 Å². The fourth-order valence-electron chi connectivity index (χ4n) is 2.48. The van der Waals surface area contributed by atoms with Gasteiger partial charge in [-0.25, -0.2) is 4.39 Å². The van der Waals surface area contributed by atoms with Gasteiger partial charge in [-0.15, -0.1) is 0 Å². The average Bonchev–Trinajstić information content (AvgIpc) is 2.46. The van der Waals surface area contributed by atoms with Crippen molar-refractivity contribution >= 4 is 6.21 Å². The number of nitrogens with zero attached hydrogens (tertiary/aromatic N) is 2. The van der Waals surface area contributed by atoms with Gasteiger partial charge in [0.05, 0.1) is 30.6 Å². The number of hydrogen-bond donors (Lipinski definition) is 1. The zero-order chi connectivity index (χ0) is 13.8. The van der Waals surface area contributed by atoms with Gasteiger partial charge >= 0.3 is 0 Å². The zero-order valence-electron chi connectivity index (χ0n) is 11.4. The molecule has 0 unspecified atom stereocenters. The fourth-order valence-corrected chi connectivity index (χ4v) is 2.48. The predicted octanol–water partition coefficient (Wildman–Crippen LogP) is 1.67. The first-order chi connectivity index (χ1) is 9.11. The lowest BCUT2D eigenvalue weighted by Gasteiger charge is -2.39. The van der Waals surface area contributed by atoms with Crippen molar-refractivity contribution < 1.29 is 14.2 Å². The predicted molar refractivity (Wildman–Crippen MR) is 72.8 cm³/mol. The number of rotatable bonds is 3. The standard InChI is InChI=1S/C14H21FN2O2/c1-10-7-17(8-12(9-18)19-10)11(2)14(15)13-5-3-4-6-16-13/h3-4,6,10-12,18H,5,7-9H2,1-2H3/b14-13-/t10-,11-,12-/m1/s1. The minimum atomic E-state index is -0.334. The molecule has 0 amide bonds. The summed E-state index contributed by atoms with van der Waals surface area (Å²) >= 11 is 0. The third-order valence-corrected chi connectivity index (χ3v) is 3.51. The lowest BCUT2D eigenvalue weighted by Crippen LogP contribution is -2.51. The van der Waals surface area contributed by atoms with Crippen molar-refractivity contribution in [3.63, 3.8) is 0 Å². The molecule has 2 aliphatic rings. The van der Waals surface area contributed by atoms with E-state index in [4.69, 9.17) is 4.74 Å². The SMILES string of the molecule is C[C@@H]1CN([C@H](C)/C(F)=C2\CC=CC=N2)C[C@H](CO)O1. The molecule has 5 heteroatoms. The Morgan fingerprint density at radius 2 is 2.42 bits per heavy atom. The van der Waals surface area contributed by atoms with Crippen molar-refractivity contribution in [3.8, 4) is 0 Å². The smallest absolute Gasteiger partial charge is 0.138 e. The first kappa shape index (κ1) is 14.4. The Hall–Kier alpha value is -1.04. The molecule has 0 aromatic heterocycles. The first-order valence-electron chi connectivity index (χ1n) is 6.70. The Balaban J connectivity index is 2.08. The van der Waals surface area contributed by atoms with Crippen LogP contribution < -0.4 is 0 Å². The molecule has 106 valence electrons. The van der Waals surface area contributed by atoms with Gasteiger partial charge in [0.25, 0.3) is 0 Å². The maximum atomic E-state index is 14.4. The van der Waals surface area contributed by atoms with Gasteiger partial charge in [-0.05, 0) is 19.9 Å². The molecule has 0 aromatic carbocycles. The minimum absolute atomic E-state index is 0.000836. The quantitative estimate of drug-likeness (QED) is 0.847. The van der Waals surface area contributed by atoms with Gasteiger partial charge < -0.3 is 9.84 Å². The summed E-state index contributed by atoms with van der Waals surface area (Å²) in [5, 5.41) is 9.21. The molecule has 0 aromatic rings. The molecule has 1 fully saturated rings. The summed E-state index contributed by atoms with van der Waals surface area (Å²) in [5.41, 5.74) is 0.495. The molecule has 0 spiro atoms. The summed E-state index contributed by atoms with van der Waals surface area (Å²) in [4.78, 5) is 6.09. The Kier molecular flexibility index (Phi) is 4.85. The molecule has 2 heterocycles. The highest BCUT2D eigenvalue weighted by Crippen LogP contribution is 2.24. The molecule has 2 rings (SSSR count). The number of dihydropyridines is 1. The summed E-state index contributed by atoms with van der Waals surface area (Å²) in [5.74, 6) is -0.189. The summed E-state index contributed by atoms with van der Waals surface area (Å²) in [6.07, 6.45) is 5.63. The van der Waals surface area contributed by atoms with Crippen molar-refractivity contribution in [2.45, 2.75) is 38.5 Å². The van der Waals surface area contributed by atoms with Crippen molar-refractivity contribution in [2.24, 2.45) is 4.99 Å². The van der Waals surface area contributed by atoms with E-state index in [9.17, 15) is 9.50 Å². The van der Waals surface area contributed by atoms with Gasteiger partial charge in [-0.3, -0.25) is 9.89 Å². The monoisotopic (exact) mass is 268 g/mol. The van der Waals surface area contributed by atoms with E-state index in [0.717, 1.165) is 0 Å². The van der Waals surface area contributed by atoms with Gasteiger partial charge in [0, 0.05) is 25.7 Å². The third-order valence-electron chi connectivity index (χ3n) is 3.51. The van der Waals surface area contributed by atoms with Crippen molar-refractivity contribution in [3.05, 3.63) is 23.7 Å². The van der Waals surface area contributed by atoms with Crippen LogP contribution in [-0.4, -0.2) is 54.2 Å². The maximum Gasteiger partial charge on any atom is 0.138 e. The molecule has 4 nitrogen and oxygen atoms in total. The lowest BCUT2D eigenvalue weighted by molar-refractivity contribution is -0.102. The molecule has 0 aliphatic carbocycles. The van der Waals surface area contributed by atoms with Crippen LogP contribution in [0, 0.1) is 0 Å². The average molecular weight is 268 g/mol. The van der Waals surface area contributed by atoms with E-state index < -0.39 is 0 Å². The van der Waals surface area contributed by atoms with Gasteiger partial charge in [-0.1, -0.05) is 6.08 Å². The van der Waals surface area contributed by atoms with Crippen LogP contribution in [-0.2, 0) is 4.74 Å². The van der Waals surface area contributed by atoms with E-state index in [0.29, 0.717) is 25.2 Å². The second-order valence-electron chi connectivity index (χ2n) is 5.09. The summed E-state index contributed by atoms with van der Waals surface area (Å²) in [7, 11) is 0. The van der Waals surface area contributed by atoms with Crippen LogP contribution in [0.25, 0.3) is 0 Å². The van der Waals surface area contributed by atoms with Crippen LogP contribution in [0.5, 0.6) is 0 Å². The highest BCUT2D eigenvalue weighted by molar-refractivity contribution is 5.73. The molecule has 3 atom stereocenters. The Labute approximate surface area is 113 Å². The molecular formula is C14H21FN2O2. The van der Waals surface area contributed by atoms with Crippen molar-refractivity contribution in [2.75, 3.05) is 19.7 Å². The molecule has 0 bridgehead atoms. The number of ether oxygens (including phenoxy) is 1. The second-order valence-corrected chi connectivity index (χ2v) is 5.09. The van der Waals surface area contributed by atoms with Gasteiger partial charge in [-0.2, -0.15) is 0 Å². The number of aliphatic imine (C=N–C) groups is 1. The minimum Gasteiger partial charge on any atom is -0.394 e. The number of aliphatic hydroxyl groups excluding tert-OH is 1. The number of hydrogen-bond acceptors (Lipinski definition) is 4. The largest absolute Gasteiger partial charge is 0.394 e. The van der Waals surface area contributed by atoms with E-state index in [-0.39, 0.29) is 30.7 Å². The summed E-state index contributed by atoms with van der Waals surface area (Å²) in [6, 6.07) is -0.334. The number of halogens is 1. The third kappa shape index (κ3) is 3.49. The van der Waals surface area contributed by atoms with Gasteiger partial charge in [0.2, 0.25) is 0 Å². The normalized spacial score (nSPS) is 32.4. The molecule has 0 saturated carbocycles. The molecule has 1 saturated heterocycles. The lowest BCUT2D eigenvalue weighted by atomic mass is 10.1. The number of morpholine rings is 1. The number of aliphatic hydroxyl groups is 1. The summed E-state index contributed by atoms with van der Waals surface area (Å²) < 4.78 is 20.0. The summed E-state index contributed by atoms with van der Waals surface area (Å²) in [6.45, 7) is 4.95. The zero-order valence-corrected chi connectivity index (χ0v) is 11.4. The van der Waals surface area contributed by atoms with E-state index >= 15 is 0 Å². The molecule has 0 radical (unpaired) electrons. The Bertz CT molecular complexity index is 406. The molecule has 1 N–H and O–H groups in total. The number of allylic oxidation sites excluding steroid dienone is 2. The molecule has 2 aliphatic heterocycles. The highest BCUT2D eigenvalue weighted by Gasteiger charge is 2.30. The van der Waals surface area contributed by atoms with E-state index in [2.05, 4.69) is 4.99 Å². The van der Waals surface area contributed by atoms with Gasteiger partial charge in [0.1, 0.15) is 5.83 Å². The van der Waals surface area contributed by atoms with Crippen LogP contribution in [0.2, 0.25) is 0 Å². The first-order valence-corrected chi connectivity index (χ1v) is 6.70. The topological polar surface area (TPSA) is 45.1 Å². The van der Waals surface area contributed by atoms with E-state index in [1.807, 2.05) is 30.9 Å². The fraction of sp³-hybridized carbons (Fsp3) is 0.643. The van der Waals surface area contributed by atoms with Gasteiger partial charge in [0.15, 0.2) is 0 Å². The van der Waals surface area contributed by atoms with Crippen LogP contribution in [0.1, 0.15) is 20.3 Å². The van der Waals surface area contributed by atoms with Crippen LogP contribution in [0.3, 0.4) is 0 Å². The molecular weight excluding hydrogens is 247 g/mol.